The summed E-state index contributed by atoms with van der Waals surface area (Å²) in [4.78, 5) is 0. The van der Waals surface area contributed by atoms with Gasteiger partial charge in [0.15, 0.2) is 0 Å². The fourth-order valence-electron chi connectivity index (χ4n) is 0.774. The van der Waals surface area contributed by atoms with Gasteiger partial charge in [0.2, 0.25) is 0 Å². The molecule has 68 valence electrons. The zero-order valence-electron chi connectivity index (χ0n) is 7.51. The molecule has 0 bridgehead atoms. The first-order valence-corrected chi connectivity index (χ1v) is 4.10. The van der Waals surface area contributed by atoms with Crippen molar-refractivity contribution in [2.45, 2.75) is 19.9 Å². The number of hydrogen-bond donors (Lipinski definition) is 3. The molecule has 5 N–H and O–H groups in total. The van der Waals surface area contributed by atoms with Crippen molar-refractivity contribution in [1.82, 2.24) is 10.3 Å². The Bertz CT molecular complexity index is 84.5. The second-order valence-corrected chi connectivity index (χ2v) is 2.93. The molecule has 0 atom stereocenters. The van der Waals surface area contributed by atoms with Gasteiger partial charge >= 0.3 is 0 Å². The Labute approximate surface area is 68.9 Å². The molecule has 0 aliphatic rings. The molecule has 0 unspecified atom stereocenters. The van der Waals surface area contributed by atoms with E-state index in [2.05, 4.69) is 19.2 Å². The van der Waals surface area contributed by atoms with Gasteiger partial charge < -0.3 is 11.1 Å². The number of nitrogens with zero attached hydrogens (tertiary/aromatic N) is 1. The predicted octanol–water partition coefficient (Wildman–Crippen LogP) is -0.881. The monoisotopic (exact) mass is 160 g/mol. The summed E-state index contributed by atoms with van der Waals surface area (Å²) >= 11 is 0. The molecule has 0 fully saturated rings. The summed E-state index contributed by atoms with van der Waals surface area (Å²) < 4.78 is 0. The van der Waals surface area contributed by atoms with E-state index < -0.39 is 0 Å². The van der Waals surface area contributed by atoms with E-state index in [1.54, 1.807) is 5.01 Å². The Hall–Kier alpha value is -0.160. The normalized spacial score (nSPS) is 11.5. The summed E-state index contributed by atoms with van der Waals surface area (Å²) in [7, 11) is 0. The van der Waals surface area contributed by atoms with Crippen LogP contribution in [-0.2, 0) is 0 Å². The highest BCUT2D eigenvalue weighted by Gasteiger charge is 1.96. The summed E-state index contributed by atoms with van der Waals surface area (Å²) in [5.74, 6) is 5.58. The minimum Gasteiger partial charge on any atom is -0.329 e. The van der Waals surface area contributed by atoms with E-state index in [1.807, 2.05) is 0 Å². The zero-order valence-corrected chi connectivity index (χ0v) is 7.51. The third-order valence-corrected chi connectivity index (χ3v) is 1.37. The molecular weight excluding hydrogens is 140 g/mol. The smallest absolute Gasteiger partial charge is 0.0254 e. The Morgan fingerprint density at radius 2 is 2.00 bits per heavy atom. The lowest BCUT2D eigenvalue weighted by molar-refractivity contribution is 0.287. The molecule has 4 nitrogen and oxygen atoms in total. The van der Waals surface area contributed by atoms with Crippen LogP contribution in [0.4, 0.5) is 0 Å². The van der Waals surface area contributed by atoms with Gasteiger partial charge in [0.1, 0.15) is 0 Å². The van der Waals surface area contributed by atoms with Crippen LogP contribution >= 0.6 is 0 Å². The maximum absolute atomic E-state index is 5.58. The lowest BCUT2D eigenvalue weighted by Gasteiger charge is -2.16. The first kappa shape index (κ1) is 10.8. The van der Waals surface area contributed by atoms with Crippen LogP contribution in [-0.4, -0.2) is 37.2 Å². The van der Waals surface area contributed by atoms with Crippen LogP contribution < -0.4 is 16.9 Å². The van der Waals surface area contributed by atoms with Crippen LogP contribution in [0.5, 0.6) is 0 Å². The topological polar surface area (TPSA) is 67.3 Å². The minimum atomic E-state index is 0.529. The van der Waals surface area contributed by atoms with Crippen molar-refractivity contribution in [3.8, 4) is 0 Å². The molecule has 11 heavy (non-hydrogen) atoms. The highest BCUT2D eigenvalue weighted by molar-refractivity contribution is 4.56. The first-order chi connectivity index (χ1) is 5.16. The maximum Gasteiger partial charge on any atom is 0.0254 e. The average Bonchev–Trinajstić information content (AvgIpc) is 1.87. The first-order valence-electron chi connectivity index (χ1n) is 4.10. The van der Waals surface area contributed by atoms with Gasteiger partial charge in [-0.05, 0) is 0 Å². The van der Waals surface area contributed by atoms with Gasteiger partial charge in [0.05, 0.1) is 0 Å². The fourth-order valence-corrected chi connectivity index (χ4v) is 0.774. The molecule has 0 radical (unpaired) electrons. The van der Waals surface area contributed by atoms with Crippen LogP contribution in [0.2, 0.25) is 0 Å². The number of nitrogens with two attached hydrogens (primary N) is 2. The molecule has 0 spiro atoms. The van der Waals surface area contributed by atoms with E-state index in [1.165, 1.54) is 0 Å². The second-order valence-electron chi connectivity index (χ2n) is 2.93. The van der Waals surface area contributed by atoms with Gasteiger partial charge in [-0.3, -0.25) is 5.84 Å². The number of rotatable bonds is 6. The quantitative estimate of drug-likeness (QED) is 0.349. The van der Waals surface area contributed by atoms with Crippen molar-refractivity contribution in [2.75, 3.05) is 26.2 Å². The molecule has 0 saturated heterocycles. The van der Waals surface area contributed by atoms with Crippen molar-refractivity contribution < 1.29 is 0 Å². The molecule has 0 saturated carbocycles. The van der Waals surface area contributed by atoms with E-state index in [0.717, 1.165) is 19.6 Å². The van der Waals surface area contributed by atoms with Gasteiger partial charge in [-0.15, -0.1) is 0 Å². The fraction of sp³-hybridized carbons (Fsp3) is 1.00. The Morgan fingerprint density at radius 3 is 2.45 bits per heavy atom. The predicted molar refractivity (Wildman–Crippen MR) is 48.0 cm³/mol. The minimum absolute atomic E-state index is 0.529. The molecule has 0 aliphatic carbocycles. The van der Waals surface area contributed by atoms with Gasteiger partial charge in [0.25, 0.3) is 0 Å². The van der Waals surface area contributed by atoms with Crippen LogP contribution in [0.15, 0.2) is 0 Å². The average molecular weight is 160 g/mol. The number of nitrogens with one attached hydrogen (secondary N) is 1. The largest absolute Gasteiger partial charge is 0.329 e. The summed E-state index contributed by atoms with van der Waals surface area (Å²) in [5, 5.41) is 5.00. The molecule has 0 rings (SSSR count). The molecule has 0 aliphatic heterocycles. The van der Waals surface area contributed by atoms with Crippen LogP contribution in [0.25, 0.3) is 0 Å². The third-order valence-electron chi connectivity index (χ3n) is 1.37. The van der Waals surface area contributed by atoms with Crippen LogP contribution in [0.3, 0.4) is 0 Å². The van der Waals surface area contributed by atoms with E-state index in [9.17, 15) is 0 Å². The number of hydrogen-bond acceptors (Lipinski definition) is 4. The molecule has 0 aromatic carbocycles. The molecule has 0 heterocycles. The van der Waals surface area contributed by atoms with Gasteiger partial charge in [0, 0.05) is 32.2 Å². The van der Waals surface area contributed by atoms with E-state index in [4.69, 9.17) is 11.6 Å². The van der Waals surface area contributed by atoms with Crippen molar-refractivity contribution in [2.24, 2.45) is 11.6 Å². The SMILES string of the molecule is CC(C)NCCN(N)CCN. The zero-order chi connectivity index (χ0) is 8.69. The standard InChI is InChI=1S/C7H20N4/c1-7(2)10-4-6-11(9)5-3-8/h7,10H,3-6,8-9H2,1-2H3. The second kappa shape index (κ2) is 6.54. The van der Waals surface area contributed by atoms with Crippen LogP contribution in [0.1, 0.15) is 13.8 Å². The van der Waals surface area contributed by atoms with Gasteiger partial charge in [-0.1, -0.05) is 13.8 Å². The molecular formula is C7H20N4. The lowest BCUT2D eigenvalue weighted by Crippen LogP contribution is -2.41. The molecule has 0 amide bonds. The van der Waals surface area contributed by atoms with Crippen molar-refractivity contribution in [1.29, 1.82) is 0 Å². The van der Waals surface area contributed by atoms with Gasteiger partial charge in [-0.25, -0.2) is 5.01 Å². The Kier molecular flexibility index (Phi) is 6.45. The van der Waals surface area contributed by atoms with Crippen molar-refractivity contribution in [3.63, 3.8) is 0 Å². The van der Waals surface area contributed by atoms with E-state index >= 15 is 0 Å². The van der Waals surface area contributed by atoms with Crippen molar-refractivity contribution in [3.05, 3.63) is 0 Å². The maximum atomic E-state index is 5.58. The Balaban J connectivity index is 3.10. The third kappa shape index (κ3) is 7.74. The summed E-state index contributed by atoms with van der Waals surface area (Å²) in [6.07, 6.45) is 0. The molecule has 0 aromatic heterocycles. The van der Waals surface area contributed by atoms with Crippen LogP contribution in [0, 0.1) is 0 Å². The highest BCUT2D eigenvalue weighted by atomic mass is 15.4. The van der Waals surface area contributed by atoms with E-state index in [0.29, 0.717) is 12.6 Å². The Morgan fingerprint density at radius 1 is 1.36 bits per heavy atom. The lowest BCUT2D eigenvalue weighted by atomic mass is 10.4. The highest BCUT2D eigenvalue weighted by Crippen LogP contribution is 1.77. The van der Waals surface area contributed by atoms with Gasteiger partial charge in [-0.2, -0.15) is 0 Å². The molecule has 4 heteroatoms. The summed E-state index contributed by atoms with van der Waals surface area (Å²) in [6, 6.07) is 0.529. The summed E-state index contributed by atoms with van der Waals surface area (Å²) in [5.41, 5.74) is 5.32. The molecule has 0 aromatic rings. The van der Waals surface area contributed by atoms with Crippen molar-refractivity contribution >= 4 is 0 Å². The number of hydrazine groups is 1. The summed E-state index contributed by atoms with van der Waals surface area (Å²) in [6.45, 7) is 7.40. The van der Waals surface area contributed by atoms with E-state index in [-0.39, 0.29) is 0 Å².